The highest BCUT2D eigenvalue weighted by atomic mass is 15.1. The first-order chi connectivity index (χ1) is 11.8. The Kier molecular flexibility index (Phi) is 6.45. The van der Waals surface area contributed by atoms with E-state index in [4.69, 9.17) is 0 Å². The van der Waals surface area contributed by atoms with E-state index in [1.165, 1.54) is 37.1 Å². The Bertz CT molecular complexity index is 581. The van der Waals surface area contributed by atoms with Crippen LogP contribution in [0.3, 0.4) is 0 Å². The molecule has 0 unspecified atom stereocenters. The van der Waals surface area contributed by atoms with E-state index in [0.717, 1.165) is 25.4 Å². The minimum absolute atomic E-state index is 0.672. The summed E-state index contributed by atoms with van der Waals surface area (Å²) in [6.07, 6.45) is 3.65. The molecule has 128 valence electrons. The minimum atomic E-state index is 0.672. The maximum atomic E-state index is 3.83. The Labute approximate surface area is 146 Å². The molecule has 2 atom stereocenters. The van der Waals surface area contributed by atoms with E-state index in [1.807, 2.05) is 0 Å². The molecule has 0 radical (unpaired) electrons. The molecular weight excluding hydrogens is 292 g/mol. The molecule has 0 aromatic heterocycles. The van der Waals surface area contributed by atoms with Crippen LogP contribution in [0.15, 0.2) is 60.7 Å². The zero-order chi connectivity index (χ0) is 16.6. The molecule has 0 saturated carbocycles. The van der Waals surface area contributed by atoms with Gasteiger partial charge in [-0.3, -0.25) is 4.90 Å². The van der Waals surface area contributed by atoms with Crippen molar-refractivity contribution in [3.63, 3.8) is 0 Å². The Balaban J connectivity index is 1.46. The molecule has 0 spiro atoms. The SMILES string of the molecule is CC[C@@H]1CN(Cc2ccccc2)CC[C@H]1NCCc1ccccc1. The molecule has 2 nitrogen and oxygen atoms in total. The number of nitrogens with one attached hydrogen (secondary N) is 1. The van der Waals surface area contributed by atoms with Crippen molar-refractivity contribution in [2.75, 3.05) is 19.6 Å². The van der Waals surface area contributed by atoms with E-state index >= 15 is 0 Å². The number of benzene rings is 2. The molecule has 1 heterocycles. The van der Waals surface area contributed by atoms with Crippen LogP contribution in [0.2, 0.25) is 0 Å². The number of nitrogens with zero attached hydrogens (tertiary/aromatic N) is 1. The van der Waals surface area contributed by atoms with Gasteiger partial charge in [-0.1, -0.05) is 74.0 Å². The number of rotatable bonds is 7. The van der Waals surface area contributed by atoms with Crippen molar-refractivity contribution >= 4 is 0 Å². The van der Waals surface area contributed by atoms with Crippen molar-refractivity contribution in [1.82, 2.24) is 10.2 Å². The van der Waals surface area contributed by atoms with Crippen LogP contribution >= 0.6 is 0 Å². The van der Waals surface area contributed by atoms with Crippen LogP contribution in [0, 0.1) is 5.92 Å². The lowest BCUT2D eigenvalue weighted by atomic mass is 9.89. The van der Waals surface area contributed by atoms with Gasteiger partial charge in [0.25, 0.3) is 0 Å². The fourth-order valence-electron chi connectivity index (χ4n) is 3.82. The Morgan fingerprint density at radius 2 is 1.62 bits per heavy atom. The average Bonchev–Trinajstić information content (AvgIpc) is 2.64. The molecule has 0 amide bonds. The van der Waals surface area contributed by atoms with Crippen LogP contribution in [0.25, 0.3) is 0 Å². The topological polar surface area (TPSA) is 15.3 Å². The summed E-state index contributed by atoms with van der Waals surface area (Å²) < 4.78 is 0. The van der Waals surface area contributed by atoms with Crippen LogP contribution in [-0.2, 0) is 13.0 Å². The molecule has 1 N–H and O–H groups in total. The van der Waals surface area contributed by atoms with Gasteiger partial charge >= 0.3 is 0 Å². The highest BCUT2D eigenvalue weighted by Gasteiger charge is 2.27. The second-order valence-corrected chi connectivity index (χ2v) is 6.97. The fraction of sp³-hybridized carbons (Fsp3) is 0.455. The van der Waals surface area contributed by atoms with Gasteiger partial charge < -0.3 is 5.32 Å². The molecular formula is C22H30N2. The third kappa shape index (κ3) is 4.93. The molecule has 2 aromatic rings. The summed E-state index contributed by atoms with van der Waals surface area (Å²) in [6.45, 7) is 6.93. The van der Waals surface area contributed by atoms with Crippen molar-refractivity contribution in [2.45, 2.75) is 38.8 Å². The smallest absolute Gasteiger partial charge is 0.0233 e. The Hall–Kier alpha value is -1.64. The van der Waals surface area contributed by atoms with E-state index in [9.17, 15) is 0 Å². The average molecular weight is 322 g/mol. The van der Waals surface area contributed by atoms with Crippen molar-refractivity contribution < 1.29 is 0 Å². The molecule has 0 bridgehead atoms. The third-order valence-corrected chi connectivity index (χ3v) is 5.25. The van der Waals surface area contributed by atoms with Gasteiger partial charge in [0.05, 0.1) is 0 Å². The predicted molar refractivity (Wildman–Crippen MR) is 102 cm³/mol. The fourth-order valence-corrected chi connectivity index (χ4v) is 3.82. The second kappa shape index (κ2) is 9.00. The largest absolute Gasteiger partial charge is 0.313 e. The summed E-state index contributed by atoms with van der Waals surface area (Å²) >= 11 is 0. The molecule has 1 fully saturated rings. The maximum absolute atomic E-state index is 3.83. The zero-order valence-corrected chi connectivity index (χ0v) is 14.8. The monoisotopic (exact) mass is 322 g/mol. The van der Waals surface area contributed by atoms with Crippen molar-refractivity contribution in [1.29, 1.82) is 0 Å². The minimum Gasteiger partial charge on any atom is -0.313 e. The number of piperidine rings is 1. The Morgan fingerprint density at radius 3 is 2.29 bits per heavy atom. The van der Waals surface area contributed by atoms with E-state index in [1.54, 1.807) is 0 Å². The lowest BCUT2D eigenvalue weighted by molar-refractivity contribution is 0.129. The summed E-state index contributed by atoms with van der Waals surface area (Å²) in [7, 11) is 0. The first kappa shape index (κ1) is 17.2. The van der Waals surface area contributed by atoms with E-state index < -0.39 is 0 Å². The van der Waals surface area contributed by atoms with Crippen molar-refractivity contribution in [3.05, 3.63) is 71.8 Å². The van der Waals surface area contributed by atoms with Crippen LogP contribution < -0.4 is 5.32 Å². The molecule has 1 saturated heterocycles. The van der Waals surface area contributed by atoms with Gasteiger partial charge in [0, 0.05) is 19.1 Å². The summed E-state index contributed by atoms with van der Waals surface area (Å²) in [5.41, 5.74) is 2.86. The van der Waals surface area contributed by atoms with Gasteiger partial charge in [0.15, 0.2) is 0 Å². The standard InChI is InChI=1S/C22H30N2/c1-2-21-18-24(17-20-11-7-4-8-12-20)16-14-22(21)23-15-13-19-9-5-3-6-10-19/h3-12,21-23H,2,13-18H2,1H3/t21-,22-/m1/s1. The van der Waals surface area contributed by atoms with Gasteiger partial charge in [0.2, 0.25) is 0 Å². The van der Waals surface area contributed by atoms with Crippen molar-refractivity contribution in [3.8, 4) is 0 Å². The van der Waals surface area contributed by atoms with Crippen LogP contribution in [0.1, 0.15) is 30.9 Å². The lowest BCUT2D eigenvalue weighted by Gasteiger charge is -2.39. The molecule has 3 rings (SSSR count). The number of hydrogen-bond donors (Lipinski definition) is 1. The predicted octanol–water partition coefficient (Wildman–Crippen LogP) is 4.12. The highest BCUT2D eigenvalue weighted by Crippen LogP contribution is 2.22. The third-order valence-electron chi connectivity index (χ3n) is 5.25. The molecule has 2 heteroatoms. The van der Waals surface area contributed by atoms with Crippen LogP contribution in [0.5, 0.6) is 0 Å². The van der Waals surface area contributed by atoms with Gasteiger partial charge in [-0.05, 0) is 43.0 Å². The first-order valence-electron chi connectivity index (χ1n) is 9.38. The second-order valence-electron chi connectivity index (χ2n) is 6.97. The van der Waals surface area contributed by atoms with Crippen molar-refractivity contribution in [2.24, 2.45) is 5.92 Å². The summed E-state index contributed by atoms with van der Waals surface area (Å²) in [5.74, 6) is 0.762. The van der Waals surface area contributed by atoms with E-state index in [0.29, 0.717) is 6.04 Å². The van der Waals surface area contributed by atoms with E-state index in [2.05, 4.69) is 77.8 Å². The first-order valence-corrected chi connectivity index (χ1v) is 9.38. The number of hydrogen-bond acceptors (Lipinski definition) is 2. The summed E-state index contributed by atoms with van der Waals surface area (Å²) in [6, 6.07) is 22.3. The quantitative estimate of drug-likeness (QED) is 0.825. The maximum Gasteiger partial charge on any atom is 0.0233 e. The molecule has 1 aliphatic rings. The Morgan fingerprint density at radius 1 is 0.958 bits per heavy atom. The van der Waals surface area contributed by atoms with Gasteiger partial charge in [0.1, 0.15) is 0 Å². The van der Waals surface area contributed by atoms with Crippen LogP contribution in [0.4, 0.5) is 0 Å². The molecule has 0 aliphatic carbocycles. The summed E-state index contributed by atoms with van der Waals surface area (Å²) in [4.78, 5) is 2.62. The number of likely N-dealkylation sites (tertiary alicyclic amines) is 1. The highest BCUT2D eigenvalue weighted by molar-refractivity contribution is 5.15. The normalized spacial score (nSPS) is 21.7. The van der Waals surface area contributed by atoms with Gasteiger partial charge in [-0.2, -0.15) is 0 Å². The van der Waals surface area contributed by atoms with Gasteiger partial charge in [-0.15, -0.1) is 0 Å². The van der Waals surface area contributed by atoms with E-state index in [-0.39, 0.29) is 0 Å². The van der Waals surface area contributed by atoms with Gasteiger partial charge in [-0.25, -0.2) is 0 Å². The lowest BCUT2D eigenvalue weighted by Crippen LogP contribution is -2.49. The summed E-state index contributed by atoms with van der Waals surface area (Å²) in [5, 5.41) is 3.83. The van der Waals surface area contributed by atoms with Crippen LogP contribution in [-0.4, -0.2) is 30.6 Å². The zero-order valence-electron chi connectivity index (χ0n) is 14.8. The molecule has 1 aliphatic heterocycles. The molecule has 2 aromatic carbocycles. The molecule has 24 heavy (non-hydrogen) atoms.